The van der Waals surface area contributed by atoms with Crippen LogP contribution in [0.2, 0.25) is 0 Å². The molecule has 0 aromatic heterocycles. The minimum Gasteiger partial charge on any atom is -0.379 e. The van der Waals surface area contributed by atoms with Crippen LogP contribution in [0.5, 0.6) is 0 Å². The van der Waals surface area contributed by atoms with Crippen molar-refractivity contribution in [1.82, 2.24) is 0 Å². The molecule has 0 aliphatic heterocycles. The zero-order valence-electron chi connectivity index (χ0n) is 16.3. The number of nitrogens with zero attached hydrogens (tertiary/aromatic N) is 2. The van der Waals surface area contributed by atoms with Crippen LogP contribution in [0, 0.1) is 0 Å². The highest BCUT2D eigenvalue weighted by atomic mass is 16.3. The lowest BCUT2D eigenvalue weighted by atomic mass is 9.54. The summed E-state index contributed by atoms with van der Waals surface area (Å²) < 4.78 is 0.589. The number of amides is 1. The van der Waals surface area contributed by atoms with E-state index in [1.807, 2.05) is 37.3 Å². The van der Waals surface area contributed by atoms with Crippen molar-refractivity contribution in [1.29, 1.82) is 0 Å². The van der Waals surface area contributed by atoms with Crippen molar-refractivity contribution in [2.45, 2.75) is 36.8 Å². The molecule has 0 spiro atoms. The molecule has 6 heteroatoms. The van der Waals surface area contributed by atoms with E-state index in [1.165, 1.54) is 0 Å². The fraction of sp³-hybridized carbons (Fsp3) is 0.429. The van der Waals surface area contributed by atoms with Crippen molar-refractivity contribution in [3.63, 3.8) is 0 Å². The number of allylic oxidation sites excluding steroid dienone is 1. The molecule has 0 fully saturated rings. The molecule has 0 saturated carbocycles. The highest BCUT2D eigenvalue weighted by Gasteiger charge is 2.61. The van der Waals surface area contributed by atoms with Crippen molar-refractivity contribution in [2.24, 2.45) is 16.7 Å². The molecule has 0 saturated heterocycles. The number of likely N-dealkylation sites (N-methyl/N-ethyl adjacent to an activating group) is 1. The average Bonchev–Trinajstić information content (AvgIpc) is 2.61. The summed E-state index contributed by atoms with van der Waals surface area (Å²) in [4.78, 5) is 11.7. The zero-order valence-corrected chi connectivity index (χ0v) is 16.3. The van der Waals surface area contributed by atoms with Crippen molar-refractivity contribution in [3.8, 4) is 0 Å². The Bertz CT molecular complexity index is 858. The van der Waals surface area contributed by atoms with Gasteiger partial charge in [0.15, 0.2) is 0 Å². The molecule has 1 aromatic rings. The van der Waals surface area contributed by atoms with E-state index in [1.54, 1.807) is 6.07 Å². The first-order chi connectivity index (χ1) is 12.6. The summed E-state index contributed by atoms with van der Waals surface area (Å²) in [6.45, 7) is 6.63. The summed E-state index contributed by atoms with van der Waals surface area (Å²) in [5.74, 6) is 5.08. The van der Waals surface area contributed by atoms with Gasteiger partial charge in [0, 0.05) is 23.8 Å². The first-order valence-corrected chi connectivity index (χ1v) is 9.14. The normalized spacial score (nSPS) is 31.3. The van der Waals surface area contributed by atoms with Crippen LogP contribution in [0.25, 0.3) is 0 Å². The highest BCUT2D eigenvalue weighted by molar-refractivity contribution is 5.98. The number of primary amides is 1. The lowest BCUT2D eigenvalue weighted by Crippen LogP contribution is -2.71. The van der Waals surface area contributed by atoms with E-state index < -0.39 is 16.9 Å². The van der Waals surface area contributed by atoms with Gasteiger partial charge in [0.05, 0.1) is 26.4 Å². The van der Waals surface area contributed by atoms with Gasteiger partial charge in [-0.05, 0) is 41.5 Å². The van der Waals surface area contributed by atoms with Gasteiger partial charge < -0.3 is 21.2 Å². The van der Waals surface area contributed by atoms with E-state index in [9.17, 15) is 9.90 Å². The van der Waals surface area contributed by atoms with Crippen LogP contribution < -0.4 is 11.6 Å². The van der Waals surface area contributed by atoms with Gasteiger partial charge in [0.25, 0.3) is 0 Å². The Balaban J connectivity index is 2.28. The summed E-state index contributed by atoms with van der Waals surface area (Å²) in [5.41, 5.74) is 6.90. The summed E-state index contributed by atoms with van der Waals surface area (Å²) in [6, 6.07) is 5.44. The second-order valence-corrected chi connectivity index (χ2v) is 8.49. The van der Waals surface area contributed by atoms with Crippen LogP contribution in [0.4, 0.5) is 0 Å². The van der Waals surface area contributed by atoms with Gasteiger partial charge >= 0.3 is 0 Å². The third kappa shape index (κ3) is 2.80. The molecule has 3 atom stereocenters. The van der Waals surface area contributed by atoms with Gasteiger partial charge in [-0.1, -0.05) is 19.6 Å². The number of aliphatic hydroxyl groups is 1. The molecule has 0 bridgehead atoms. The molecule has 27 heavy (non-hydrogen) atoms. The highest BCUT2D eigenvalue weighted by Crippen LogP contribution is 2.52. The fourth-order valence-corrected chi connectivity index (χ4v) is 4.87. The molecule has 2 aliphatic rings. The van der Waals surface area contributed by atoms with Gasteiger partial charge in [0.2, 0.25) is 5.91 Å². The number of benzene rings is 1. The van der Waals surface area contributed by atoms with Gasteiger partial charge in [-0.2, -0.15) is 5.10 Å². The lowest BCUT2D eigenvalue weighted by molar-refractivity contribution is -0.917. The van der Waals surface area contributed by atoms with Crippen LogP contribution in [-0.4, -0.2) is 53.5 Å². The molecule has 2 aliphatic carbocycles. The molecule has 1 amide bonds. The van der Waals surface area contributed by atoms with Crippen LogP contribution >= 0.6 is 0 Å². The van der Waals surface area contributed by atoms with E-state index in [0.717, 1.165) is 17.7 Å². The number of hydrogen-bond acceptors (Lipinski definition) is 4. The van der Waals surface area contributed by atoms with Crippen molar-refractivity contribution >= 4 is 11.6 Å². The predicted octanol–water partition coefficient (Wildman–Crippen LogP) is 1.24. The summed E-state index contributed by atoms with van der Waals surface area (Å²) >= 11 is 0. The number of nitrogens with two attached hydrogens (primary N) is 2. The van der Waals surface area contributed by atoms with Crippen LogP contribution in [-0.2, 0) is 11.8 Å². The molecule has 6 nitrogen and oxygen atoms in total. The maximum atomic E-state index is 12.0. The molecule has 0 heterocycles. The number of rotatable bonds is 4. The second kappa shape index (κ2) is 6.32. The molecular formula is C21H29N4O2+. The van der Waals surface area contributed by atoms with E-state index in [4.69, 9.17) is 11.6 Å². The van der Waals surface area contributed by atoms with E-state index >= 15 is 0 Å². The molecule has 0 radical (unpaired) electrons. The third-order valence-electron chi connectivity index (χ3n) is 6.47. The van der Waals surface area contributed by atoms with E-state index in [0.29, 0.717) is 28.6 Å². The SMILES string of the molecule is C=CC[N+](C)(C)[C@@H]1Cc2ccc(C(N)=O)cc2C2(C)C/C(=N/N)C=C[C@@]12O. The van der Waals surface area contributed by atoms with Crippen molar-refractivity contribution in [3.05, 3.63) is 59.7 Å². The monoisotopic (exact) mass is 369 g/mol. The molecule has 144 valence electrons. The number of carbonyl (C=O) groups excluding carboxylic acids is 1. The fourth-order valence-electron chi connectivity index (χ4n) is 4.87. The van der Waals surface area contributed by atoms with E-state index in [2.05, 4.69) is 25.8 Å². The Labute approximate surface area is 160 Å². The summed E-state index contributed by atoms with van der Waals surface area (Å²) in [7, 11) is 4.21. The van der Waals surface area contributed by atoms with Crippen LogP contribution in [0.3, 0.4) is 0 Å². The molecule has 1 aromatic carbocycles. The number of carbonyl (C=O) groups is 1. The van der Waals surface area contributed by atoms with Crippen molar-refractivity contribution in [2.75, 3.05) is 20.6 Å². The number of fused-ring (bicyclic) bond motifs is 3. The molecular weight excluding hydrogens is 340 g/mol. The Kier molecular flexibility index (Phi) is 4.52. The Morgan fingerprint density at radius 1 is 1.48 bits per heavy atom. The second-order valence-electron chi connectivity index (χ2n) is 8.49. The largest absolute Gasteiger partial charge is 0.379 e. The Morgan fingerprint density at radius 2 is 2.19 bits per heavy atom. The average molecular weight is 369 g/mol. The maximum Gasteiger partial charge on any atom is 0.248 e. The minimum absolute atomic E-state index is 0.0944. The number of hydrogen-bond donors (Lipinski definition) is 3. The van der Waals surface area contributed by atoms with Crippen LogP contribution in [0.1, 0.15) is 34.8 Å². The molecule has 1 unspecified atom stereocenters. The standard InChI is InChI=1S/C21H28N4O2/c1-5-10-25(3,4)18-12-14-6-7-15(19(22)26)11-17(14)20(2)13-16(24-23)8-9-21(18,20)27/h5-9,11,18,27H,1,10,12-13,23H2,2-4H3,(H-,22,26)/p+1/b24-16+/t18-,20?,21-/m1/s1. The van der Waals surface area contributed by atoms with Crippen molar-refractivity contribution < 1.29 is 14.4 Å². The van der Waals surface area contributed by atoms with E-state index in [-0.39, 0.29) is 6.04 Å². The molecule has 5 N–H and O–H groups in total. The first-order valence-electron chi connectivity index (χ1n) is 9.14. The summed E-state index contributed by atoms with van der Waals surface area (Å²) in [6.07, 6.45) is 6.68. The Morgan fingerprint density at radius 3 is 2.78 bits per heavy atom. The van der Waals surface area contributed by atoms with Gasteiger partial charge in [-0.25, -0.2) is 0 Å². The molecule has 3 rings (SSSR count). The van der Waals surface area contributed by atoms with Crippen LogP contribution in [0.15, 0.2) is 48.1 Å². The van der Waals surface area contributed by atoms with Gasteiger partial charge in [-0.3, -0.25) is 4.79 Å². The predicted molar refractivity (Wildman–Crippen MR) is 107 cm³/mol. The maximum absolute atomic E-state index is 12.0. The lowest BCUT2D eigenvalue weighted by Gasteiger charge is -2.57. The minimum atomic E-state index is -1.13. The summed E-state index contributed by atoms with van der Waals surface area (Å²) in [5, 5.41) is 15.9. The third-order valence-corrected chi connectivity index (χ3v) is 6.47. The first kappa shape index (κ1) is 19.3. The number of hydrazone groups is 1. The Hall–Kier alpha value is -2.44. The smallest absolute Gasteiger partial charge is 0.248 e. The topological polar surface area (TPSA) is 102 Å². The quantitative estimate of drug-likeness (QED) is 0.322. The van der Waals surface area contributed by atoms with Gasteiger partial charge in [0.1, 0.15) is 11.6 Å². The zero-order chi connectivity index (χ0) is 20.0. The van der Waals surface area contributed by atoms with Gasteiger partial charge in [-0.15, -0.1) is 0 Å². The number of quaternary nitrogens is 1.